The highest BCUT2D eigenvalue weighted by atomic mass is 14.8. The van der Waals surface area contributed by atoms with E-state index in [0.717, 1.165) is 6.54 Å². The molecule has 1 aliphatic carbocycles. The van der Waals surface area contributed by atoms with Crippen molar-refractivity contribution in [2.75, 3.05) is 13.6 Å². The van der Waals surface area contributed by atoms with Crippen molar-refractivity contribution in [3.63, 3.8) is 0 Å². The Bertz CT molecular complexity index is 104. The van der Waals surface area contributed by atoms with Gasteiger partial charge in [0.1, 0.15) is 0 Å². The van der Waals surface area contributed by atoms with E-state index in [1.54, 1.807) is 0 Å². The van der Waals surface area contributed by atoms with Gasteiger partial charge in [0, 0.05) is 18.8 Å². The molecule has 0 aromatic heterocycles. The van der Waals surface area contributed by atoms with Crippen molar-refractivity contribution in [1.29, 1.82) is 0 Å². The lowest BCUT2D eigenvalue weighted by molar-refractivity contribution is 0.707. The summed E-state index contributed by atoms with van der Waals surface area (Å²) < 4.78 is 0. The van der Waals surface area contributed by atoms with Gasteiger partial charge in [0.15, 0.2) is 0 Å². The highest BCUT2D eigenvalue weighted by Gasteiger charge is 2.11. The molecule has 0 heterocycles. The Morgan fingerprint density at radius 3 is 2.80 bits per heavy atom. The number of nitrogens with one attached hydrogen (secondary N) is 1. The minimum atomic E-state index is 0.647. The Morgan fingerprint density at radius 1 is 1.50 bits per heavy atom. The Hall–Kier alpha value is -0.370. The molecule has 2 nitrogen and oxygen atoms in total. The monoisotopic (exact) mass is 140 g/mol. The zero-order chi connectivity index (χ0) is 7.23. The smallest absolute Gasteiger partial charge is 0.0496 e. The van der Waals surface area contributed by atoms with Crippen LogP contribution in [0, 0.1) is 0 Å². The van der Waals surface area contributed by atoms with Gasteiger partial charge in [-0.2, -0.15) is 0 Å². The fraction of sp³-hybridized carbons (Fsp3) is 0.875. The summed E-state index contributed by atoms with van der Waals surface area (Å²) in [7, 11) is 1.95. The maximum atomic E-state index is 4.43. The van der Waals surface area contributed by atoms with Crippen LogP contribution in [0.15, 0.2) is 4.99 Å². The molecule has 1 aliphatic rings. The molecule has 2 heteroatoms. The molecule has 1 saturated carbocycles. The van der Waals surface area contributed by atoms with Crippen LogP contribution in [0.1, 0.15) is 25.7 Å². The molecule has 0 bridgehead atoms. The van der Waals surface area contributed by atoms with E-state index in [-0.39, 0.29) is 0 Å². The third-order valence-electron chi connectivity index (χ3n) is 1.94. The van der Waals surface area contributed by atoms with Crippen molar-refractivity contribution in [3.8, 4) is 0 Å². The van der Waals surface area contributed by atoms with Crippen LogP contribution in [0.2, 0.25) is 0 Å². The van der Waals surface area contributed by atoms with E-state index in [2.05, 4.69) is 10.3 Å². The van der Waals surface area contributed by atoms with E-state index >= 15 is 0 Å². The summed E-state index contributed by atoms with van der Waals surface area (Å²) in [6.45, 7) is 0.913. The molecular weight excluding hydrogens is 124 g/mol. The molecule has 0 aromatic rings. The molecule has 1 fully saturated rings. The molecule has 0 atom stereocenters. The van der Waals surface area contributed by atoms with Crippen LogP contribution in [0.3, 0.4) is 0 Å². The molecule has 58 valence electrons. The highest BCUT2D eigenvalue weighted by Crippen LogP contribution is 2.20. The SMILES string of the molecule is CNC/C=N\C1CCCC1. The fourth-order valence-corrected chi connectivity index (χ4v) is 1.35. The van der Waals surface area contributed by atoms with Crippen LogP contribution in [0.4, 0.5) is 0 Å². The molecule has 0 spiro atoms. The van der Waals surface area contributed by atoms with Gasteiger partial charge in [-0.15, -0.1) is 0 Å². The molecule has 0 aliphatic heterocycles. The molecular formula is C8H16N2. The first-order valence-electron chi connectivity index (χ1n) is 4.09. The number of hydrogen-bond donors (Lipinski definition) is 1. The predicted octanol–water partition coefficient (Wildman–Crippen LogP) is 1.22. The second-order valence-corrected chi connectivity index (χ2v) is 2.83. The summed E-state index contributed by atoms with van der Waals surface area (Å²) in [6.07, 6.45) is 7.36. The molecule has 1 N–H and O–H groups in total. The van der Waals surface area contributed by atoms with E-state index in [1.807, 2.05) is 13.3 Å². The van der Waals surface area contributed by atoms with Crippen LogP contribution >= 0.6 is 0 Å². The predicted molar refractivity (Wildman–Crippen MR) is 44.7 cm³/mol. The molecule has 10 heavy (non-hydrogen) atoms. The van der Waals surface area contributed by atoms with Gasteiger partial charge in [0.25, 0.3) is 0 Å². The maximum Gasteiger partial charge on any atom is 0.0496 e. The number of nitrogens with zero attached hydrogens (tertiary/aromatic N) is 1. The van der Waals surface area contributed by atoms with Gasteiger partial charge in [-0.05, 0) is 19.9 Å². The van der Waals surface area contributed by atoms with Gasteiger partial charge < -0.3 is 5.32 Å². The summed E-state index contributed by atoms with van der Waals surface area (Å²) >= 11 is 0. The zero-order valence-electron chi connectivity index (χ0n) is 6.64. The van der Waals surface area contributed by atoms with Crippen molar-refractivity contribution >= 4 is 6.21 Å². The van der Waals surface area contributed by atoms with Crippen molar-refractivity contribution < 1.29 is 0 Å². The second-order valence-electron chi connectivity index (χ2n) is 2.83. The first-order chi connectivity index (χ1) is 4.93. The lowest BCUT2D eigenvalue weighted by Gasteiger charge is -1.99. The summed E-state index contributed by atoms with van der Waals surface area (Å²) in [5.74, 6) is 0. The second kappa shape index (κ2) is 4.45. The summed E-state index contributed by atoms with van der Waals surface area (Å²) in [6, 6.07) is 0.647. The number of aliphatic imine (C=N–C) groups is 1. The summed E-state index contributed by atoms with van der Waals surface area (Å²) in [5.41, 5.74) is 0. The average Bonchev–Trinajstić information content (AvgIpc) is 2.41. The maximum absolute atomic E-state index is 4.43. The third kappa shape index (κ3) is 2.48. The van der Waals surface area contributed by atoms with E-state index in [0.29, 0.717) is 6.04 Å². The van der Waals surface area contributed by atoms with E-state index in [9.17, 15) is 0 Å². The van der Waals surface area contributed by atoms with Crippen molar-refractivity contribution in [2.45, 2.75) is 31.7 Å². The van der Waals surface area contributed by atoms with E-state index in [4.69, 9.17) is 0 Å². The minimum absolute atomic E-state index is 0.647. The third-order valence-corrected chi connectivity index (χ3v) is 1.94. The van der Waals surface area contributed by atoms with Crippen molar-refractivity contribution in [1.82, 2.24) is 5.32 Å². The van der Waals surface area contributed by atoms with Crippen LogP contribution in [0.5, 0.6) is 0 Å². The van der Waals surface area contributed by atoms with Gasteiger partial charge in [0.2, 0.25) is 0 Å². The van der Waals surface area contributed by atoms with Gasteiger partial charge in [-0.25, -0.2) is 0 Å². The largest absolute Gasteiger partial charge is 0.315 e. The first-order valence-corrected chi connectivity index (χ1v) is 4.09. The normalized spacial score (nSPS) is 20.9. The fourth-order valence-electron chi connectivity index (χ4n) is 1.35. The molecule has 0 radical (unpaired) electrons. The van der Waals surface area contributed by atoms with E-state index in [1.165, 1.54) is 25.7 Å². The van der Waals surface area contributed by atoms with Crippen molar-refractivity contribution in [2.24, 2.45) is 4.99 Å². The average molecular weight is 140 g/mol. The number of rotatable bonds is 3. The Morgan fingerprint density at radius 2 is 2.20 bits per heavy atom. The molecule has 1 rings (SSSR count). The molecule has 0 unspecified atom stereocenters. The first kappa shape index (κ1) is 7.73. The van der Waals surface area contributed by atoms with Crippen LogP contribution < -0.4 is 5.32 Å². The van der Waals surface area contributed by atoms with Gasteiger partial charge in [-0.3, -0.25) is 4.99 Å². The van der Waals surface area contributed by atoms with Gasteiger partial charge in [-0.1, -0.05) is 12.8 Å². The lowest BCUT2D eigenvalue weighted by Crippen LogP contribution is -2.10. The quantitative estimate of drug-likeness (QED) is 0.586. The topological polar surface area (TPSA) is 24.4 Å². The van der Waals surface area contributed by atoms with Gasteiger partial charge >= 0.3 is 0 Å². The van der Waals surface area contributed by atoms with Crippen molar-refractivity contribution in [3.05, 3.63) is 0 Å². The Kier molecular flexibility index (Phi) is 3.44. The molecule has 0 aromatic carbocycles. The molecule has 0 amide bonds. The van der Waals surface area contributed by atoms with Crippen LogP contribution in [-0.2, 0) is 0 Å². The minimum Gasteiger partial charge on any atom is -0.315 e. The summed E-state index contributed by atoms with van der Waals surface area (Å²) in [4.78, 5) is 4.43. The van der Waals surface area contributed by atoms with Crippen LogP contribution in [-0.4, -0.2) is 25.8 Å². The Balaban J connectivity index is 2.10. The Labute approximate surface area is 62.7 Å². The lowest BCUT2D eigenvalue weighted by atomic mass is 10.3. The number of hydrogen-bond acceptors (Lipinski definition) is 2. The van der Waals surface area contributed by atoms with Gasteiger partial charge in [0.05, 0.1) is 0 Å². The standard InChI is InChI=1S/C8H16N2/c1-9-6-7-10-8-4-2-3-5-8/h7-9H,2-6H2,1H3/b10-7-. The van der Waals surface area contributed by atoms with Crippen LogP contribution in [0.25, 0.3) is 0 Å². The zero-order valence-corrected chi connectivity index (χ0v) is 6.64. The molecule has 0 saturated heterocycles. The summed E-state index contributed by atoms with van der Waals surface area (Å²) in [5, 5.41) is 3.04. The highest BCUT2D eigenvalue weighted by molar-refractivity contribution is 5.59. The van der Waals surface area contributed by atoms with E-state index < -0.39 is 0 Å².